The average molecular weight is 221 g/mol. The first-order chi connectivity index (χ1) is 6.47. The molecular weight excluding hydrogens is 204 g/mol. The molecule has 82 valence electrons. The molecule has 1 N–H and O–H groups in total. The zero-order valence-corrected chi connectivity index (χ0v) is 9.60. The largest absolute Gasteiger partial charge is 0.346 e. The summed E-state index contributed by atoms with van der Waals surface area (Å²) in [6.07, 6.45) is 0. The van der Waals surface area contributed by atoms with E-state index < -0.39 is 0 Å². The average Bonchev–Trinajstić information content (AvgIpc) is 2.12. The molecule has 4 nitrogen and oxygen atoms in total. The molecule has 0 aliphatic carbocycles. The van der Waals surface area contributed by atoms with Gasteiger partial charge in [0.25, 0.3) is 0 Å². The third-order valence-electron chi connectivity index (χ3n) is 1.62. The molecule has 0 saturated heterocycles. The highest BCUT2D eigenvalue weighted by atomic mass is 35.5. The van der Waals surface area contributed by atoms with Gasteiger partial charge < -0.3 is 10.2 Å². The van der Waals surface area contributed by atoms with E-state index in [0.29, 0.717) is 12.5 Å². The molecule has 0 saturated carbocycles. The minimum atomic E-state index is -0.321. The number of nitrogens with one attached hydrogen (secondary N) is 1. The Hall–Kier alpha value is -0.770. The number of hydrogen-bond acceptors (Lipinski definition) is 2. The highest BCUT2D eigenvalue weighted by Gasteiger charge is 2.10. The van der Waals surface area contributed by atoms with Crippen LogP contribution in [0.2, 0.25) is 0 Å². The Balaban J connectivity index is 3.78. The van der Waals surface area contributed by atoms with Gasteiger partial charge >= 0.3 is 0 Å². The van der Waals surface area contributed by atoms with Crippen LogP contribution in [0.5, 0.6) is 0 Å². The fraction of sp³-hybridized carbons (Fsp3) is 0.778. The summed E-state index contributed by atoms with van der Waals surface area (Å²) >= 11 is 5.26. The monoisotopic (exact) mass is 220 g/mol. The highest BCUT2D eigenvalue weighted by molar-refractivity contribution is 6.27. The summed E-state index contributed by atoms with van der Waals surface area (Å²) in [6, 6.07) is 0. The molecule has 0 bridgehead atoms. The van der Waals surface area contributed by atoms with Crippen LogP contribution in [0, 0.1) is 5.92 Å². The standard InChI is InChI=1S/C9H17ClN2O2/c1-7(2)6-12(3)9(14)5-11-8(13)4-10/h7H,4-6H2,1-3H3,(H,11,13). The molecule has 0 aliphatic rings. The van der Waals surface area contributed by atoms with Crippen molar-refractivity contribution < 1.29 is 9.59 Å². The molecule has 0 aromatic rings. The summed E-state index contributed by atoms with van der Waals surface area (Å²) < 4.78 is 0. The van der Waals surface area contributed by atoms with Crippen molar-refractivity contribution in [3.63, 3.8) is 0 Å². The zero-order valence-electron chi connectivity index (χ0n) is 8.84. The van der Waals surface area contributed by atoms with Crippen LogP contribution in [-0.4, -0.2) is 42.7 Å². The first-order valence-electron chi connectivity index (χ1n) is 4.54. The minimum absolute atomic E-state index is 0.0226. The number of halogens is 1. The Labute approximate surface area is 89.6 Å². The van der Waals surface area contributed by atoms with Gasteiger partial charge in [0.1, 0.15) is 5.88 Å². The van der Waals surface area contributed by atoms with Gasteiger partial charge in [0.2, 0.25) is 11.8 Å². The van der Waals surface area contributed by atoms with Gasteiger partial charge in [0.05, 0.1) is 6.54 Å². The second-order valence-electron chi connectivity index (χ2n) is 3.58. The highest BCUT2D eigenvalue weighted by Crippen LogP contribution is 1.95. The van der Waals surface area contributed by atoms with E-state index in [1.807, 2.05) is 13.8 Å². The first kappa shape index (κ1) is 13.2. The van der Waals surface area contributed by atoms with Crippen LogP contribution in [0.25, 0.3) is 0 Å². The molecule has 0 heterocycles. The SMILES string of the molecule is CC(C)CN(C)C(=O)CNC(=O)CCl. The Morgan fingerprint density at radius 2 is 2.00 bits per heavy atom. The lowest BCUT2D eigenvalue weighted by atomic mass is 10.2. The van der Waals surface area contributed by atoms with Crippen molar-refractivity contribution in [3.05, 3.63) is 0 Å². The summed E-state index contributed by atoms with van der Waals surface area (Å²) in [5.74, 6) is -0.107. The van der Waals surface area contributed by atoms with Crippen LogP contribution in [0.1, 0.15) is 13.8 Å². The lowest BCUT2D eigenvalue weighted by molar-refractivity contribution is -0.131. The third-order valence-corrected chi connectivity index (χ3v) is 1.87. The van der Waals surface area contributed by atoms with Crippen LogP contribution in [0.4, 0.5) is 0 Å². The summed E-state index contributed by atoms with van der Waals surface area (Å²) in [5.41, 5.74) is 0. The van der Waals surface area contributed by atoms with Crippen molar-refractivity contribution in [3.8, 4) is 0 Å². The topological polar surface area (TPSA) is 49.4 Å². The molecular formula is C9H17ClN2O2. The van der Waals surface area contributed by atoms with E-state index in [-0.39, 0.29) is 24.2 Å². The van der Waals surface area contributed by atoms with Gasteiger partial charge in [-0.15, -0.1) is 11.6 Å². The Kier molecular flexibility index (Phi) is 6.28. The van der Waals surface area contributed by atoms with Gasteiger partial charge in [-0.1, -0.05) is 13.8 Å². The van der Waals surface area contributed by atoms with E-state index in [1.54, 1.807) is 11.9 Å². The zero-order chi connectivity index (χ0) is 11.1. The number of nitrogens with zero attached hydrogens (tertiary/aromatic N) is 1. The number of hydrogen-bond donors (Lipinski definition) is 1. The molecule has 0 aromatic heterocycles. The lowest BCUT2D eigenvalue weighted by Gasteiger charge is -2.19. The van der Waals surface area contributed by atoms with Crippen molar-refractivity contribution >= 4 is 23.4 Å². The molecule has 0 radical (unpaired) electrons. The molecule has 5 heteroatoms. The molecule has 14 heavy (non-hydrogen) atoms. The number of alkyl halides is 1. The molecule has 0 rings (SSSR count). The first-order valence-corrected chi connectivity index (χ1v) is 5.07. The number of carbonyl (C=O) groups excluding carboxylic acids is 2. The molecule has 2 amide bonds. The summed E-state index contributed by atoms with van der Waals surface area (Å²) in [6.45, 7) is 4.77. The summed E-state index contributed by atoms with van der Waals surface area (Å²) in [7, 11) is 1.72. The minimum Gasteiger partial charge on any atom is -0.346 e. The van der Waals surface area contributed by atoms with E-state index in [4.69, 9.17) is 11.6 Å². The van der Waals surface area contributed by atoms with Gasteiger partial charge in [-0.25, -0.2) is 0 Å². The van der Waals surface area contributed by atoms with Crippen molar-refractivity contribution in [1.29, 1.82) is 0 Å². The smallest absolute Gasteiger partial charge is 0.241 e. The fourth-order valence-corrected chi connectivity index (χ4v) is 1.10. The molecule has 0 aliphatic heterocycles. The normalized spacial score (nSPS) is 10.1. The lowest BCUT2D eigenvalue weighted by Crippen LogP contribution is -2.39. The van der Waals surface area contributed by atoms with Crippen LogP contribution in [0.3, 0.4) is 0 Å². The van der Waals surface area contributed by atoms with E-state index in [0.717, 1.165) is 0 Å². The predicted molar refractivity (Wildman–Crippen MR) is 56.2 cm³/mol. The van der Waals surface area contributed by atoms with Crippen LogP contribution in [-0.2, 0) is 9.59 Å². The van der Waals surface area contributed by atoms with Crippen molar-refractivity contribution in [1.82, 2.24) is 10.2 Å². The second kappa shape index (κ2) is 6.65. The number of rotatable bonds is 5. The second-order valence-corrected chi connectivity index (χ2v) is 3.85. The van der Waals surface area contributed by atoms with Crippen LogP contribution in [0.15, 0.2) is 0 Å². The van der Waals surface area contributed by atoms with E-state index in [2.05, 4.69) is 5.32 Å². The molecule has 0 aromatic carbocycles. The van der Waals surface area contributed by atoms with Crippen molar-refractivity contribution in [2.75, 3.05) is 26.0 Å². The van der Waals surface area contributed by atoms with Crippen molar-refractivity contribution in [2.45, 2.75) is 13.8 Å². The third kappa shape index (κ3) is 5.80. The summed E-state index contributed by atoms with van der Waals surface area (Å²) in [5, 5.41) is 2.42. The van der Waals surface area contributed by atoms with Gasteiger partial charge in [-0.2, -0.15) is 0 Å². The Bertz CT molecular complexity index is 207. The van der Waals surface area contributed by atoms with Crippen molar-refractivity contribution in [2.24, 2.45) is 5.92 Å². The van der Waals surface area contributed by atoms with Gasteiger partial charge in [0.15, 0.2) is 0 Å². The summed E-state index contributed by atoms with van der Waals surface area (Å²) in [4.78, 5) is 23.7. The maximum absolute atomic E-state index is 11.4. The van der Waals surface area contributed by atoms with E-state index in [9.17, 15) is 9.59 Å². The maximum Gasteiger partial charge on any atom is 0.241 e. The van der Waals surface area contributed by atoms with E-state index in [1.165, 1.54) is 0 Å². The number of amides is 2. The van der Waals surface area contributed by atoms with Gasteiger partial charge in [0, 0.05) is 13.6 Å². The van der Waals surface area contributed by atoms with Crippen LogP contribution >= 0.6 is 11.6 Å². The van der Waals surface area contributed by atoms with Gasteiger partial charge in [-0.3, -0.25) is 9.59 Å². The number of likely N-dealkylation sites (N-methyl/N-ethyl adjacent to an activating group) is 1. The van der Waals surface area contributed by atoms with Gasteiger partial charge in [-0.05, 0) is 5.92 Å². The molecule has 0 fully saturated rings. The number of carbonyl (C=O) groups is 2. The molecule has 0 spiro atoms. The predicted octanol–water partition coefficient (Wildman–Crippen LogP) is 0.456. The molecule has 0 unspecified atom stereocenters. The maximum atomic E-state index is 11.4. The molecule has 0 atom stereocenters. The fourth-order valence-electron chi connectivity index (χ4n) is 1.01. The van der Waals surface area contributed by atoms with Crippen LogP contribution < -0.4 is 5.32 Å². The van der Waals surface area contributed by atoms with E-state index >= 15 is 0 Å². The Morgan fingerprint density at radius 3 is 2.43 bits per heavy atom. The quantitative estimate of drug-likeness (QED) is 0.685. The Morgan fingerprint density at radius 1 is 1.43 bits per heavy atom.